The van der Waals surface area contributed by atoms with Gasteiger partial charge in [-0.3, -0.25) is 9.59 Å². The first-order chi connectivity index (χ1) is 11.4. The molecular weight excluding hydrogens is 324 g/mol. The topological polar surface area (TPSA) is 84.9 Å². The molecule has 1 saturated heterocycles. The summed E-state index contributed by atoms with van der Waals surface area (Å²) in [4.78, 5) is 36.7. The summed E-state index contributed by atoms with van der Waals surface area (Å²) in [6.07, 6.45) is 1.24. The number of amides is 2. The highest BCUT2D eigenvalue weighted by atomic mass is 16.6. The Morgan fingerprint density at radius 1 is 1.20 bits per heavy atom. The lowest BCUT2D eigenvalue weighted by Crippen LogP contribution is -2.55. The molecule has 0 aromatic carbocycles. The average Bonchev–Trinajstić information content (AvgIpc) is 2.45. The molecule has 0 aromatic heterocycles. The van der Waals surface area contributed by atoms with E-state index < -0.39 is 11.1 Å². The Morgan fingerprint density at radius 3 is 2.24 bits per heavy atom. The standard InChI is InChI=1S/C18H30N2O5/c1-13(7-12-24-14(2)21)15(22)19-18(6)8-10-20(11-9-18)16(23)25-17(3,4)5/h1,7-12H2,2-6H3,(H,19,22). The summed E-state index contributed by atoms with van der Waals surface area (Å²) >= 11 is 0. The summed E-state index contributed by atoms with van der Waals surface area (Å²) in [6.45, 7) is 13.7. The number of rotatable bonds is 5. The van der Waals surface area contributed by atoms with Gasteiger partial charge in [0.2, 0.25) is 5.91 Å². The molecule has 0 saturated carbocycles. The molecule has 0 atom stereocenters. The highest BCUT2D eigenvalue weighted by Gasteiger charge is 2.34. The van der Waals surface area contributed by atoms with Gasteiger partial charge in [-0.15, -0.1) is 0 Å². The molecule has 1 fully saturated rings. The van der Waals surface area contributed by atoms with Crippen molar-refractivity contribution in [1.29, 1.82) is 0 Å². The Balaban J connectivity index is 2.45. The molecule has 0 radical (unpaired) electrons. The third-order valence-corrected chi connectivity index (χ3v) is 3.96. The first-order valence-electron chi connectivity index (χ1n) is 8.53. The zero-order chi connectivity index (χ0) is 19.3. The summed E-state index contributed by atoms with van der Waals surface area (Å²) in [5.74, 6) is -0.630. The van der Waals surface area contributed by atoms with Gasteiger partial charge < -0.3 is 19.7 Å². The van der Waals surface area contributed by atoms with Crippen LogP contribution in [0.2, 0.25) is 0 Å². The molecule has 2 amide bonds. The number of ether oxygens (including phenoxy) is 2. The van der Waals surface area contributed by atoms with E-state index in [2.05, 4.69) is 11.9 Å². The molecule has 142 valence electrons. The number of hydrogen-bond donors (Lipinski definition) is 1. The first-order valence-corrected chi connectivity index (χ1v) is 8.53. The van der Waals surface area contributed by atoms with Crippen LogP contribution in [0.4, 0.5) is 4.79 Å². The zero-order valence-electron chi connectivity index (χ0n) is 15.9. The smallest absolute Gasteiger partial charge is 0.410 e. The van der Waals surface area contributed by atoms with Crippen molar-refractivity contribution >= 4 is 18.0 Å². The van der Waals surface area contributed by atoms with E-state index >= 15 is 0 Å². The normalized spacial score (nSPS) is 16.8. The van der Waals surface area contributed by atoms with Crippen molar-refractivity contribution < 1.29 is 23.9 Å². The van der Waals surface area contributed by atoms with Gasteiger partial charge in [-0.2, -0.15) is 0 Å². The molecule has 0 aliphatic carbocycles. The minimum Gasteiger partial charge on any atom is -0.466 e. The molecule has 7 nitrogen and oxygen atoms in total. The maximum atomic E-state index is 12.2. The number of piperidine rings is 1. The molecule has 7 heteroatoms. The van der Waals surface area contributed by atoms with E-state index in [1.54, 1.807) is 4.90 Å². The van der Waals surface area contributed by atoms with Gasteiger partial charge in [-0.05, 0) is 40.5 Å². The lowest BCUT2D eigenvalue weighted by Gasteiger charge is -2.40. The van der Waals surface area contributed by atoms with Crippen molar-refractivity contribution in [2.75, 3.05) is 19.7 Å². The molecule has 1 N–H and O–H groups in total. The van der Waals surface area contributed by atoms with Crippen molar-refractivity contribution in [3.63, 3.8) is 0 Å². The average molecular weight is 354 g/mol. The number of likely N-dealkylation sites (tertiary alicyclic amines) is 1. The van der Waals surface area contributed by atoms with E-state index in [0.29, 0.717) is 37.9 Å². The first kappa shape index (κ1) is 21.0. The second-order valence-corrected chi connectivity index (χ2v) is 7.68. The number of nitrogens with zero attached hydrogens (tertiary/aromatic N) is 1. The minimum absolute atomic E-state index is 0.144. The minimum atomic E-state index is -0.522. The van der Waals surface area contributed by atoms with Crippen LogP contribution in [0.1, 0.15) is 53.9 Å². The van der Waals surface area contributed by atoms with Crippen molar-refractivity contribution in [2.45, 2.75) is 65.0 Å². The van der Waals surface area contributed by atoms with Gasteiger partial charge in [0, 0.05) is 37.5 Å². The van der Waals surface area contributed by atoms with Crippen LogP contribution in [0.25, 0.3) is 0 Å². The van der Waals surface area contributed by atoms with E-state index in [1.807, 2.05) is 27.7 Å². The Labute approximate surface area is 149 Å². The number of esters is 1. The molecule has 1 aliphatic heterocycles. The molecule has 1 heterocycles. The fourth-order valence-corrected chi connectivity index (χ4v) is 2.43. The lowest BCUT2D eigenvalue weighted by molar-refractivity contribution is -0.141. The van der Waals surface area contributed by atoms with E-state index in [0.717, 1.165) is 0 Å². The summed E-state index contributed by atoms with van der Waals surface area (Å²) in [5, 5.41) is 2.98. The van der Waals surface area contributed by atoms with Gasteiger partial charge >= 0.3 is 12.1 Å². The fourth-order valence-electron chi connectivity index (χ4n) is 2.43. The van der Waals surface area contributed by atoms with Crippen LogP contribution in [0.15, 0.2) is 12.2 Å². The predicted octanol–water partition coefficient (Wildman–Crippen LogP) is 2.40. The van der Waals surface area contributed by atoms with Gasteiger partial charge in [0.25, 0.3) is 0 Å². The van der Waals surface area contributed by atoms with Crippen LogP contribution >= 0.6 is 0 Å². The molecule has 1 rings (SSSR count). The highest BCUT2D eigenvalue weighted by molar-refractivity contribution is 5.93. The molecule has 0 spiro atoms. The van der Waals surface area contributed by atoms with Crippen LogP contribution in [0.5, 0.6) is 0 Å². The highest BCUT2D eigenvalue weighted by Crippen LogP contribution is 2.24. The molecule has 0 aromatic rings. The second kappa shape index (κ2) is 8.36. The molecule has 0 unspecified atom stereocenters. The van der Waals surface area contributed by atoms with Crippen LogP contribution in [0, 0.1) is 0 Å². The van der Waals surface area contributed by atoms with Crippen LogP contribution in [0.3, 0.4) is 0 Å². The van der Waals surface area contributed by atoms with Crippen molar-refractivity contribution in [2.24, 2.45) is 0 Å². The van der Waals surface area contributed by atoms with E-state index in [1.165, 1.54) is 6.92 Å². The Hall–Kier alpha value is -2.05. The third-order valence-electron chi connectivity index (χ3n) is 3.96. The van der Waals surface area contributed by atoms with Gasteiger partial charge in [0.05, 0.1) is 6.61 Å². The lowest BCUT2D eigenvalue weighted by atomic mass is 9.89. The number of carbonyl (C=O) groups excluding carboxylic acids is 3. The molecule has 0 bridgehead atoms. The number of hydrogen-bond acceptors (Lipinski definition) is 5. The fraction of sp³-hybridized carbons (Fsp3) is 0.722. The largest absolute Gasteiger partial charge is 0.466 e. The third kappa shape index (κ3) is 7.58. The molecular formula is C18H30N2O5. The summed E-state index contributed by atoms with van der Waals surface area (Å²) in [6, 6.07) is 0. The van der Waals surface area contributed by atoms with Crippen molar-refractivity contribution in [3.8, 4) is 0 Å². The van der Waals surface area contributed by atoms with E-state index in [-0.39, 0.29) is 24.6 Å². The van der Waals surface area contributed by atoms with Crippen LogP contribution in [-0.4, -0.2) is 53.7 Å². The van der Waals surface area contributed by atoms with Crippen molar-refractivity contribution in [3.05, 3.63) is 12.2 Å². The SMILES string of the molecule is C=C(CCOC(C)=O)C(=O)NC1(C)CCN(C(=O)OC(C)(C)C)CC1. The predicted molar refractivity (Wildman–Crippen MR) is 94.0 cm³/mol. The van der Waals surface area contributed by atoms with Crippen LogP contribution in [-0.2, 0) is 19.1 Å². The number of carbonyl (C=O) groups is 3. The molecule has 25 heavy (non-hydrogen) atoms. The van der Waals surface area contributed by atoms with Crippen molar-refractivity contribution in [1.82, 2.24) is 10.2 Å². The van der Waals surface area contributed by atoms with E-state index in [9.17, 15) is 14.4 Å². The monoisotopic (exact) mass is 354 g/mol. The van der Waals surface area contributed by atoms with Gasteiger partial charge in [-0.1, -0.05) is 6.58 Å². The van der Waals surface area contributed by atoms with E-state index in [4.69, 9.17) is 9.47 Å². The quantitative estimate of drug-likeness (QED) is 0.605. The Kier molecular flexibility index (Phi) is 7.02. The maximum Gasteiger partial charge on any atom is 0.410 e. The second-order valence-electron chi connectivity index (χ2n) is 7.68. The maximum absolute atomic E-state index is 12.2. The van der Waals surface area contributed by atoms with Gasteiger partial charge in [-0.25, -0.2) is 4.79 Å². The van der Waals surface area contributed by atoms with Gasteiger partial charge in [0.1, 0.15) is 5.60 Å². The molecule has 1 aliphatic rings. The summed E-state index contributed by atoms with van der Waals surface area (Å²) < 4.78 is 10.2. The van der Waals surface area contributed by atoms with Gasteiger partial charge in [0.15, 0.2) is 0 Å². The summed E-state index contributed by atoms with van der Waals surface area (Å²) in [5.41, 5.74) is -0.553. The summed E-state index contributed by atoms with van der Waals surface area (Å²) in [7, 11) is 0. The number of nitrogens with one attached hydrogen (secondary N) is 1. The Morgan fingerprint density at radius 2 is 1.76 bits per heavy atom. The zero-order valence-corrected chi connectivity index (χ0v) is 15.9. The Bertz CT molecular complexity index is 528. The van der Waals surface area contributed by atoms with Crippen LogP contribution < -0.4 is 5.32 Å².